The molecule has 11 aromatic rings. The quantitative estimate of drug-likeness (QED) is 0.155. The van der Waals surface area contributed by atoms with Crippen molar-refractivity contribution in [2.75, 3.05) is 14.7 Å². The zero-order valence-electron chi connectivity index (χ0n) is 37.9. The normalized spacial score (nSPS) is 13.8. The third kappa shape index (κ3) is 5.56. The van der Waals surface area contributed by atoms with Gasteiger partial charge in [-0.25, -0.2) is 0 Å². The summed E-state index contributed by atoms with van der Waals surface area (Å²) in [5, 5.41) is 2.51. The van der Waals surface area contributed by atoms with Crippen LogP contribution in [0, 0.1) is 0 Å². The molecule has 3 heterocycles. The van der Waals surface area contributed by atoms with Crippen molar-refractivity contribution in [1.82, 2.24) is 4.57 Å². The summed E-state index contributed by atoms with van der Waals surface area (Å²) in [6.07, 6.45) is 0. The summed E-state index contributed by atoms with van der Waals surface area (Å²) in [5.74, 6) is 0. The smallest absolute Gasteiger partial charge is 0.252 e. The Morgan fingerprint density at radius 2 is 0.882 bits per heavy atom. The van der Waals surface area contributed by atoms with Gasteiger partial charge in [0, 0.05) is 73.1 Å². The molecule has 0 saturated heterocycles. The molecular weight excluding hydrogens is 824 g/mol. The van der Waals surface area contributed by atoms with Gasteiger partial charge in [0.15, 0.2) is 0 Å². The Labute approximate surface area is 397 Å². The zero-order valence-corrected chi connectivity index (χ0v) is 37.9. The zero-order chi connectivity index (χ0) is 45.1. The topological polar surface area (TPSA) is 14.7 Å². The van der Waals surface area contributed by atoms with Gasteiger partial charge in [-0.3, -0.25) is 0 Å². The van der Waals surface area contributed by atoms with Crippen LogP contribution in [0.25, 0.3) is 38.6 Å². The molecule has 0 unspecified atom stereocenters. The minimum atomic E-state index is -0.285. The van der Waals surface area contributed by atoms with Crippen LogP contribution in [0.3, 0.4) is 0 Å². The van der Waals surface area contributed by atoms with E-state index in [1.807, 2.05) is 0 Å². The lowest BCUT2D eigenvalue weighted by atomic mass is 9.33. The molecule has 0 N–H and O–H groups in total. The van der Waals surface area contributed by atoms with Crippen LogP contribution in [0.15, 0.2) is 237 Å². The van der Waals surface area contributed by atoms with Gasteiger partial charge in [-0.1, -0.05) is 147 Å². The first-order valence-corrected chi connectivity index (χ1v) is 23.7. The average molecular weight is 869 g/mol. The molecule has 1 aliphatic carbocycles. The van der Waals surface area contributed by atoms with Crippen molar-refractivity contribution in [3.63, 3.8) is 0 Å². The number of benzene rings is 10. The molecule has 0 spiro atoms. The van der Waals surface area contributed by atoms with Crippen LogP contribution < -0.4 is 31.1 Å². The molecule has 320 valence electrons. The van der Waals surface area contributed by atoms with Gasteiger partial charge in [0.05, 0.1) is 11.0 Å². The fraction of sp³-hybridized carbons (Fsp3) is 0.0476. The maximum atomic E-state index is 2.59. The molecular formula is C63H45BN4. The van der Waals surface area contributed by atoms with Crippen LogP contribution in [0.1, 0.15) is 25.0 Å². The van der Waals surface area contributed by atoms with E-state index in [4.69, 9.17) is 0 Å². The predicted molar refractivity (Wildman–Crippen MR) is 287 cm³/mol. The van der Waals surface area contributed by atoms with Crippen molar-refractivity contribution < 1.29 is 0 Å². The van der Waals surface area contributed by atoms with E-state index in [1.54, 1.807) is 0 Å². The highest BCUT2D eigenvalue weighted by Gasteiger charge is 2.46. The Morgan fingerprint density at radius 3 is 1.50 bits per heavy atom. The Balaban J connectivity index is 1.04. The fourth-order valence-electron chi connectivity index (χ4n) is 11.9. The lowest BCUT2D eigenvalue weighted by Gasteiger charge is -2.44. The summed E-state index contributed by atoms with van der Waals surface area (Å²) in [7, 11) is 0. The molecule has 0 saturated carbocycles. The van der Waals surface area contributed by atoms with E-state index in [0.717, 1.165) is 34.1 Å². The van der Waals surface area contributed by atoms with Crippen LogP contribution in [0.4, 0.5) is 51.2 Å². The van der Waals surface area contributed by atoms with Crippen LogP contribution >= 0.6 is 0 Å². The van der Waals surface area contributed by atoms with E-state index < -0.39 is 0 Å². The first-order valence-electron chi connectivity index (χ1n) is 23.7. The van der Waals surface area contributed by atoms with Crippen LogP contribution in [0.5, 0.6) is 0 Å². The maximum absolute atomic E-state index is 2.59. The number of rotatable bonds is 6. The van der Waals surface area contributed by atoms with Gasteiger partial charge in [0.25, 0.3) is 6.71 Å². The van der Waals surface area contributed by atoms with E-state index in [0.29, 0.717) is 0 Å². The van der Waals surface area contributed by atoms with E-state index in [9.17, 15) is 0 Å². The molecule has 0 atom stereocenters. The molecule has 0 amide bonds. The van der Waals surface area contributed by atoms with E-state index in [-0.39, 0.29) is 12.1 Å². The van der Waals surface area contributed by atoms with Crippen molar-refractivity contribution in [2.45, 2.75) is 19.3 Å². The van der Waals surface area contributed by atoms with Crippen molar-refractivity contribution in [1.29, 1.82) is 0 Å². The van der Waals surface area contributed by atoms with E-state index in [1.165, 1.54) is 83.2 Å². The van der Waals surface area contributed by atoms with Gasteiger partial charge >= 0.3 is 0 Å². The summed E-state index contributed by atoms with van der Waals surface area (Å²) < 4.78 is 2.45. The summed E-state index contributed by atoms with van der Waals surface area (Å²) in [5.41, 5.74) is 23.0. The second kappa shape index (κ2) is 14.7. The maximum Gasteiger partial charge on any atom is 0.252 e. The van der Waals surface area contributed by atoms with Gasteiger partial charge < -0.3 is 19.3 Å². The molecule has 4 nitrogen and oxygen atoms in total. The molecule has 5 heteroatoms. The van der Waals surface area contributed by atoms with Crippen LogP contribution in [-0.4, -0.2) is 11.3 Å². The summed E-state index contributed by atoms with van der Waals surface area (Å²) in [6, 6.07) is 87.3. The molecule has 0 radical (unpaired) electrons. The number of hydrogen-bond acceptors (Lipinski definition) is 3. The Morgan fingerprint density at radius 1 is 0.368 bits per heavy atom. The molecule has 14 rings (SSSR count). The van der Waals surface area contributed by atoms with Crippen molar-refractivity contribution in [3.8, 4) is 16.8 Å². The predicted octanol–water partition coefficient (Wildman–Crippen LogP) is 14.6. The van der Waals surface area contributed by atoms with Gasteiger partial charge in [0.1, 0.15) is 0 Å². The minimum Gasteiger partial charge on any atom is -0.311 e. The molecule has 2 aliphatic heterocycles. The van der Waals surface area contributed by atoms with E-state index in [2.05, 4.69) is 270 Å². The highest BCUT2D eigenvalue weighted by molar-refractivity contribution is 7.00. The largest absolute Gasteiger partial charge is 0.311 e. The first-order chi connectivity index (χ1) is 33.5. The summed E-state index contributed by atoms with van der Waals surface area (Å²) in [4.78, 5) is 7.43. The monoisotopic (exact) mass is 868 g/mol. The number of para-hydroxylation sites is 6. The fourth-order valence-corrected chi connectivity index (χ4v) is 11.9. The number of anilines is 9. The number of nitrogens with zero attached hydrogens (tertiary/aromatic N) is 4. The van der Waals surface area contributed by atoms with Crippen LogP contribution in [-0.2, 0) is 5.41 Å². The molecule has 1 aromatic heterocycles. The summed E-state index contributed by atoms with van der Waals surface area (Å²) >= 11 is 0. The molecule has 68 heavy (non-hydrogen) atoms. The standard InChI is InChI=1S/C63H45BN4/c1-63(2)52-37-47(65(42-21-8-3-9-22-42)43-23-10-4-11-24-43)35-36-48(52)50-39-60-55(40-53(50)63)64-54-38-51-49-31-18-19-32-56(49)66(44-25-12-5-13-26-44)59(51)41-61(54)68(46-29-16-7-17-30-46)58-34-20-33-57(62(58)64)67(60)45-27-14-6-15-28-45/h3-41H,1-2H3. The Bertz CT molecular complexity index is 3730. The lowest BCUT2D eigenvalue weighted by Crippen LogP contribution is -2.61. The van der Waals surface area contributed by atoms with Crippen LogP contribution in [0.2, 0.25) is 0 Å². The van der Waals surface area contributed by atoms with Crippen molar-refractivity contribution >= 4 is 96.1 Å². The molecule has 0 bridgehead atoms. The average Bonchev–Trinajstić information content (AvgIpc) is 3.83. The van der Waals surface area contributed by atoms with Crippen molar-refractivity contribution in [2.24, 2.45) is 0 Å². The minimum absolute atomic E-state index is 0.0404. The van der Waals surface area contributed by atoms with Gasteiger partial charge in [0.2, 0.25) is 0 Å². The van der Waals surface area contributed by atoms with Crippen molar-refractivity contribution in [3.05, 3.63) is 248 Å². The number of aromatic nitrogens is 1. The van der Waals surface area contributed by atoms with Gasteiger partial charge in [-0.05, 0) is 142 Å². The SMILES string of the molecule is CC1(C)c2cc(N(c3ccccc3)c3ccccc3)ccc2-c2cc3c(cc21)B1c2cc4c5ccccc5n(-c5ccccc5)c4cc2N(c2ccccc2)c2cccc(c21)N3c1ccccc1. The molecule has 0 fully saturated rings. The van der Waals surface area contributed by atoms with Gasteiger partial charge in [-0.15, -0.1) is 0 Å². The highest BCUT2D eigenvalue weighted by atomic mass is 15.2. The third-order valence-electron chi connectivity index (χ3n) is 14.9. The highest BCUT2D eigenvalue weighted by Crippen LogP contribution is 2.54. The number of hydrogen-bond donors (Lipinski definition) is 0. The van der Waals surface area contributed by atoms with Gasteiger partial charge in [-0.2, -0.15) is 0 Å². The molecule has 10 aromatic carbocycles. The number of fused-ring (bicyclic) bond motifs is 10. The Hall–Kier alpha value is -8.54. The van der Waals surface area contributed by atoms with E-state index >= 15 is 0 Å². The second-order valence-corrected chi connectivity index (χ2v) is 18.9. The first kappa shape index (κ1) is 38.7. The lowest BCUT2D eigenvalue weighted by molar-refractivity contribution is 0.661. The Kier molecular flexibility index (Phi) is 8.39. The molecule has 3 aliphatic rings. The third-order valence-corrected chi connectivity index (χ3v) is 14.9. The summed E-state index contributed by atoms with van der Waals surface area (Å²) in [6.45, 7) is 4.81. The second-order valence-electron chi connectivity index (χ2n) is 18.9.